The van der Waals surface area contributed by atoms with Crippen LogP contribution in [0.5, 0.6) is 0 Å². The Morgan fingerprint density at radius 2 is 1.93 bits per heavy atom. The van der Waals surface area contributed by atoms with Crippen LogP contribution in [0.25, 0.3) is 22.9 Å². The Labute approximate surface area is 166 Å². The zero-order chi connectivity index (χ0) is 20.4. The molecule has 0 aliphatic rings. The topological polar surface area (TPSA) is 74.8 Å². The average molecular weight is 403 g/mol. The number of halogens is 2. The predicted octanol–water partition coefficient (Wildman–Crippen LogP) is 4.77. The fourth-order valence-electron chi connectivity index (χ4n) is 3.18. The molecule has 7 heteroatoms. The van der Waals surface area contributed by atoms with Gasteiger partial charge in [-0.25, -0.2) is 8.91 Å². The number of carbonyl (C=O) groups is 1. The smallest absolute Gasteiger partial charge is 0.306 e. The van der Waals surface area contributed by atoms with Gasteiger partial charge >= 0.3 is 5.97 Å². The molecule has 5 nitrogen and oxygen atoms in total. The monoisotopic (exact) mass is 402 g/mol. The summed E-state index contributed by atoms with van der Waals surface area (Å²) in [6, 6.07) is 9.55. The minimum atomic E-state index is -1.13. The molecule has 0 amide bonds. The molecular formula is C21H20ClFN2O3. The van der Waals surface area contributed by atoms with E-state index < -0.39 is 18.5 Å². The summed E-state index contributed by atoms with van der Waals surface area (Å²) < 4.78 is 15.0. The molecule has 28 heavy (non-hydrogen) atoms. The van der Waals surface area contributed by atoms with E-state index in [9.17, 15) is 14.3 Å². The van der Waals surface area contributed by atoms with Gasteiger partial charge in [0, 0.05) is 11.1 Å². The zero-order valence-electron chi connectivity index (χ0n) is 15.4. The number of carboxylic acid groups (broad SMARTS) is 1. The number of carboxylic acids is 1. The molecule has 146 valence electrons. The minimum Gasteiger partial charge on any atom is -0.481 e. The van der Waals surface area contributed by atoms with Gasteiger partial charge in [-0.05, 0) is 47.9 Å². The normalized spacial score (nSPS) is 12.9. The second-order valence-electron chi connectivity index (χ2n) is 6.81. The third kappa shape index (κ3) is 4.08. The molecule has 0 saturated carbocycles. The highest BCUT2D eigenvalue weighted by molar-refractivity contribution is 6.30. The van der Waals surface area contributed by atoms with Gasteiger partial charge in [0.05, 0.1) is 23.7 Å². The van der Waals surface area contributed by atoms with Gasteiger partial charge in [0.15, 0.2) is 0 Å². The summed E-state index contributed by atoms with van der Waals surface area (Å²) in [5, 5.41) is 23.9. The fourth-order valence-corrected chi connectivity index (χ4v) is 3.37. The van der Waals surface area contributed by atoms with Crippen molar-refractivity contribution in [3.05, 3.63) is 64.6 Å². The van der Waals surface area contributed by atoms with Crippen molar-refractivity contribution in [1.82, 2.24) is 9.61 Å². The Bertz CT molecular complexity index is 1040. The maximum absolute atomic E-state index is 13.4. The van der Waals surface area contributed by atoms with E-state index in [0.717, 1.165) is 16.6 Å². The highest BCUT2D eigenvalue weighted by Gasteiger charge is 2.19. The van der Waals surface area contributed by atoms with Crippen molar-refractivity contribution in [3.8, 4) is 11.3 Å². The van der Waals surface area contributed by atoms with Crippen molar-refractivity contribution in [2.75, 3.05) is 0 Å². The van der Waals surface area contributed by atoms with E-state index in [-0.39, 0.29) is 11.7 Å². The van der Waals surface area contributed by atoms with Crippen LogP contribution < -0.4 is 0 Å². The lowest BCUT2D eigenvalue weighted by Gasteiger charge is -2.17. The average Bonchev–Trinajstić information content (AvgIpc) is 2.99. The Morgan fingerprint density at radius 1 is 1.25 bits per heavy atom. The summed E-state index contributed by atoms with van der Waals surface area (Å²) in [5.41, 5.74) is 3.74. The third-order valence-electron chi connectivity index (χ3n) is 4.39. The second kappa shape index (κ2) is 8.12. The lowest BCUT2D eigenvalue weighted by atomic mass is 9.93. The molecule has 0 fully saturated rings. The Morgan fingerprint density at radius 3 is 2.54 bits per heavy atom. The summed E-state index contributed by atoms with van der Waals surface area (Å²) >= 11 is 6.29. The maximum Gasteiger partial charge on any atom is 0.306 e. The number of aromatic nitrogens is 2. The maximum atomic E-state index is 13.4. The highest BCUT2D eigenvalue weighted by Crippen LogP contribution is 2.34. The lowest BCUT2D eigenvalue weighted by Crippen LogP contribution is -2.10. The van der Waals surface area contributed by atoms with E-state index in [2.05, 4.69) is 5.10 Å². The molecule has 2 N–H and O–H groups in total. The number of aliphatic carboxylic acids is 1. The fraction of sp³-hybridized carbons (Fsp3) is 0.238. The summed E-state index contributed by atoms with van der Waals surface area (Å²) in [6.45, 7) is 4.05. The Hall–Kier alpha value is -2.70. The van der Waals surface area contributed by atoms with E-state index in [1.54, 1.807) is 28.8 Å². The molecule has 0 aliphatic heterocycles. The van der Waals surface area contributed by atoms with Crippen molar-refractivity contribution < 1.29 is 19.4 Å². The summed E-state index contributed by atoms with van der Waals surface area (Å²) in [7, 11) is 0. The summed E-state index contributed by atoms with van der Waals surface area (Å²) in [6.07, 6.45) is 1.58. The van der Waals surface area contributed by atoms with Gasteiger partial charge in [0.1, 0.15) is 11.0 Å². The van der Waals surface area contributed by atoms with Crippen LogP contribution in [0.2, 0.25) is 5.15 Å². The van der Waals surface area contributed by atoms with E-state index in [0.29, 0.717) is 16.4 Å². The molecule has 2 heterocycles. The van der Waals surface area contributed by atoms with Crippen molar-refractivity contribution in [2.24, 2.45) is 0 Å². The number of benzene rings is 1. The van der Waals surface area contributed by atoms with Crippen molar-refractivity contribution in [1.29, 1.82) is 0 Å². The number of hydrogen-bond acceptors (Lipinski definition) is 3. The van der Waals surface area contributed by atoms with Crippen molar-refractivity contribution in [3.63, 3.8) is 0 Å². The van der Waals surface area contributed by atoms with Crippen LogP contribution in [0.4, 0.5) is 4.39 Å². The number of hydrogen-bond donors (Lipinski definition) is 2. The third-order valence-corrected chi connectivity index (χ3v) is 4.68. The summed E-state index contributed by atoms with van der Waals surface area (Å²) in [4.78, 5) is 10.8. The molecule has 1 atom stereocenters. The van der Waals surface area contributed by atoms with Gasteiger partial charge < -0.3 is 10.2 Å². The Balaban J connectivity index is 2.26. The van der Waals surface area contributed by atoms with E-state index in [1.165, 1.54) is 18.2 Å². The van der Waals surface area contributed by atoms with Crippen molar-refractivity contribution >= 4 is 29.2 Å². The highest BCUT2D eigenvalue weighted by atomic mass is 35.5. The molecule has 0 bridgehead atoms. The number of rotatable bonds is 6. The molecule has 1 unspecified atom stereocenters. The zero-order valence-corrected chi connectivity index (χ0v) is 16.2. The van der Waals surface area contributed by atoms with Crippen LogP contribution in [-0.4, -0.2) is 31.9 Å². The molecule has 0 saturated heterocycles. The number of aliphatic hydroxyl groups excluding tert-OH is 1. The molecule has 0 aliphatic carbocycles. The standard InChI is InChI=1S/C21H20ClFN2O3/c1-12(2)20-16(8-7-15(26)11-19(27)28)21(13-3-5-14(23)6-4-13)24-25-17(20)9-10-18(25)22/h3-10,12,15,26H,11H2,1-2H3,(H,27,28)/b8-7+. The van der Waals surface area contributed by atoms with Gasteiger partial charge in [-0.1, -0.05) is 37.6 Å². The molecule has 0 radical (unpaired) electrons. The van der Waals surface area contributed by atoms with E-state index in [4.69, 9.17) is 16.7 Å². The molecule has 0 spiro atoms. The molecule has 3 rings (SSSR count). The van der Waals surface area contributed by atoms with Crippen LogP contribution in [0, 0.1) is 5.82 Å². The second-order valence-corrected chi connectivity index (χ2v) is 7.20. The quantitative estimate of drug-likeness (QED) is 0.623. The largest absolute Gasteiger partial charge is 0.481 e. The van der Waals surface area contributed by atoms with Gasteiger partial charge in [0.25, 0.3) is 0 Å². The lowest BCUT2D eigenvalue weighted by molar-refractivity contribution is -0.138. The molecular weight excluding hydrogens is 383 g/mol. The molecule has 1 aromatic carbocycles. The van der Waals surface area contributed by atoms with Crippen LogP contribution >= 0.6 is 11.6 Å². The van der Waals surface area contributed by atoms with Crippen LogP contribution in [0.3, 0.4) is 0 Å². The first kappa shape index (κ1) is 20.0. The first-order valence-electron chi connectivity index (χ1n) is 8.83. The molecule has 2 aromatic heterocycles. The first-order valence-corrected chi connectivity index (χ1v) is 9.21. The first-order chi connectivity index (χ1) is 13.3. The predicted molar refractivity (Wildman–Crippen MR) is 107 cm³/mol. The van der Waals surface area contributed by atoms with Crippen molar-refractivity contribution in [2.45, 2.75) is 32.3 Å². The number of aliphatic hydroxyl groups is 1. The molecule has 3 aromatic rings. The van der Waals surface area contributed by atoms with Gasteiger partial charge in [-0.15, -0.1) is 0 Å². The summed E-state index contributed by atoms with van der Waals surface area (Å²) in [5.74, 6) is -1.36. The SMILES string of the molecule is CC(C)c1c(/C=C/C(O)CC(=O)O)c(-c2ccc(F)cc2)nn2c(Cl)ccc12. The number of fused-ring (bicyclic) bond motifs is 1. The van der Waals surface area contributed by atoms with Crippen LogP contribution in [0.15, 0.2) is 42.5 Å². The van der Waals surface area contributed by atoms with Crippen LogP contribution in [-0.2, 0) is 4.79 Å². The van der Waals surface area contributed by atoms with Gasteiger partial charge in [-0.2, -0.15) is 5.10 Å². The van der Waals surface area contributed by atoms with Gasteiger partial charge in [-0.3, -0.25) is 4.79 Å². The van der Waals surface area contributed by atoms with Gasteiger partial charge in [0.2, 0.25) is 0 Å². The minimum absolute atomic E-state index is 0.0898. The Kier molecular flexibility index (Phi) is 5.82. The van der Waals surface area contributed by atoms with E-state index in [1.807, 2.05) is 19.9 Å². The van der Waals surface area contributed by atoms with E-state index >= 15 is 0 Å². The number of nitrogens with zero attached hydrogens (tertiary/aromatic N) is 2. The van der Waals surface area contributed by atoms with Crippen LogP contribution in [0.1, 0.15) is 37.3 Å².